The summed E-state index contributed by atoms with van der Waals surface area (Å²) < 4.78 is 29.1. The third-order valence-electron chi connectivity index (χ3n) is 5.39. The van der Waals surface area contributed by atoms with E-state index in [-0.39, 0.29) is 10.8 Å². The van der Waals surface area contributed by atoms with Gasteiger partial charge in [0.25, 0.3) is 5.91 Å². The number of hydrogen-bond acceptors (Lipinski definition) is 3. The van der Waals surface area contributed by atoms with Crippen LogP contribution in [0.25, 0.3) is 0 Å². The summed E-state index contributed by atoms with van der Waals surface area (Å²) in [6.45, 7) is 11.1. The molecule has 1 fully saturated rings. The van der Waals surface area contributed by atoms with Gasteiger partial charge in [0.15, 0.2) is 0 Å². The molecule has 0 aromatic carbocycles. The molecule has 1 saturated heterocycles. The van der Waals surface area contributed by atoms with E-state index in [9.17, 15) is 13.2 Å². The molecular formula is C21H37N3O3S. The number of nitrogens with zero attached hydrogens (tertiary/aromatic N) is 3. The van der Waals surface area contributed by atoms with E-state index in [1.54, 1.807) is 28.2 Å². The average Bonchev–Trinajstić information content (AvgIpc) is 3.04. The van der Waals surface area contributed by atoms with Crippen LogP contribution in [0.5, 0.6) is 0 Å². The van der Waals surface area contributed by atoms with E-state index in [2.05, 4.69) is 27.7 Å². The van der Waals surface area contributed by atoms with Crippen molar-refractivity contribution in [3.63, 3.8) is 0 Å². The predicted octanol–water partition coefficient (Wildman–Crippen LogP) is 3.73. The van der Waals surface area contributed by atoms with Gasteiger partial charge in [-0.15, -0.1) is 0 Å². The molecule has 160 valence electrons. The van der Waals surface area contributed by atoms with E-state index in [4.69, 9.17) is 0 Å². The summed E-state index contributed by atoms with van der Waals surface area (Å²) in [6, 6.07) is 1.56. The van der Waals surface area contributed by atoms with Gasteiger partial charge in [0.05, 0.1) is 0 Å². The van der Waals surface area contributed by atoms with Crippen LogP contribution in [-0.2, 0) is 17.1 Å². The number of piperidine rings is 1. The molecule has 7 heteroatoms. The lowest BCUT2D eigenvalue weighted by Crippen LogP contribution is -2.35. The lowest BCUT2D eigenvalue weighted by Gasteiger charge is -2.25. The van der Waals surface area contributed by atoms with Crippen LogP contribution in [0, 0.1) is 11.8 Å². The maximum Gasteiger partial charge on any atom is 0.270 e. The predicted molar refractivity (Wildman–Crippen MR) is 113 cm³/mol. The lowest BCUT2D eigenvalue weighted by atomic mass is 10.1. The fourth-order valence-corrected chi connectivity index (χ4v) is 5.04. The highest BCUT2D eigenvalue weighted by Crippen LogP contribution is 2.23. The summed E-state index contributed by atoms with van der Waals surface area (Å²) >= 11 is 0. The van der Waals surface area contributed by atoms with Gasteiger partial charge >= 0.3 is 0 Å². The zero-order valence-corrected chi connectivity index (χ0v) is 19.0. The van der Waals surface area contributed by atoms with Crippen molar-refractivity contribution in [3.05, 3.63) is 18.0 Å². The lowest BCUT2D eigenvalue weighted by molar-refractivity contribution is 0.0731. The second-order valence-corrected chi connectivity index (χ2v) is 10.7. The zero-order valence-electron chi connectivity index (χ0n) is 18.1. The minimum Gasteiger partial charge on any atom is -0.345 e. The van der Waals surface area contributed by atoms with E-state index < -0.39 is 10.0 Å². The average molecular weight is 412 g/mol. The van der Waals surface area contributed by atoms with Gasteiger partial charge < -0.3 is 9.47 Å². The minimum atomic E-state index is -3.53. The van der Waals surface area contributed by atoms with Gasteiger partial charge in [-0.3, -0.25) is 4.79 Å². The Balaban J connectivity index is 2.23. The van der Waals surface area contributed by atoms with Crippen LogP contribution in [0.15, 0.2) is 17.2 Å². The third kappa shape index (κ3) is 5.83. The largest absolute Gasteiger partial charge is 0.345 e. The Kier molecular flexibility index (Phi) is 8.13. The summed E-state index contributed by atoms with van der Waals surface area (Å²) in [5.74, 6) is 0.944. The monoisotopic (exact) mass is 411 g/mol. The van der Waals surface area contributed by atoms with Gasteiger partial charge in [-0.2, -0.15) is 4.31 Å². The van der Waals surface area contributed by atoms with Crippen molar-refractivity contribution in [1.82, 2.24) is 13.8 Å². The first kappa shape index (κ1) is 22.9. The van der Waals surface area contributed by atoms with Crippen LogP contribution >= 0.6 is 0 Å². The fourth-order valence-electron chi connectivity index (χ4n) is 3.45. The third-order valence-corrected chi connectivity index (χ3v) is 7.26. The highest BCUT2D eigenvalue weighted by atomic mass is 32.2. The summed E-state index contributed by atoms with van der Waals surface area (Å²) in [5, 5.41) is 0. The van der Waals surface area contributed by atoms with Gasteiger partial charge in [0.1, 0.15) is 10.6 Å². The molecule has 2 heterocycles. The summed E-state index contributed by atoms with van der Waals surface area (Å²) in [4.78, 5) is 15.3. The molecule has 0 saturated carbocycles. The van der Waals surface area contributed by atoms with Crippen molar-refractivity contribution in [2.24, 2.45) is 18.9 Å². The molecule has 0 N–H and O–H groups in total. The van der Waals surface area contributed by atoms with Gasteiger partial charge in [0, 0.05) is 39.4 Å². The van der Waals surface area contributed by atoms with Crippen molar-refractivity contribution in [3.8, 4) is 0 Å². The molecule has 1 aliphatic rings. The first-order chi connectivity index (χ1) is 13.1. The first-order valence-electron chi connectivity index (χ1n) is 10.6. The highest BCUT2D eigenvalue weighted by Gasteiger charge is 2.29. The molecule has 6 nitrogen and oxygen atoms in total. The Morgan fingerprint density at radius 1 is 1.04 bits per heavy atom. The summed E-state index contributed by atoms with van der Waals surface area (Å²) in [6.07, 6.45) is 6.33. The maximum absolute atomic E-state index is 13.2. The second kappa shape index (κ2) is 9.92. The quantitative estimate of drug-likeness (QED) is 0.622. The standard InChI is InChI=1S/C21H37N3O3S/c1-17(2)9-13-23(14-10-18(3)4)21(25)20-15-19(16-22(20)5)28(26,27)24-11-7-6-8-12-24/h15-18H,6-14H2,1-5H3. The van der Waals surface area contributed by atoms with Crippen LogP contribution in [0.1, 0.15) is 70.3 Å². The smallest absolute Gasteiger partial charge is 0.270 e. The van der Waals surface area contributed by atoms with Crippen LogP contribution < -0.4 is 0 Å². The molecule has 0 spiro atoms. The van der Waals surface area contributed by atoms with E-state index in [1.807, 2.05) is 4.90 Å². The van der Waals surface area contributed by atoms with Crippen LogP contribution in [0.3, 0.4) is 0 Å². The maximum atomic E-state index is 13.2. The van der Waals surface area contributed by atoms with Crippen molar-refractivity contribution in [1.29, 1.82) is 0 Å². The van der Waals surface area contributed by atoms with E-state index in [0.29, 0.717) is 43.7 Å². The van der Waals surface area contributed by atoms with Crippen molar-refractivity contribution >= 4 is 15.9 Å². The molecule has 0 unspecified atom stereocenters. The van der Waals surface area contributed by atoms with Gasteiger partial charge in [-0.1, -0.05) is 34.1 Å². The van der Waals surface area contributed by atoms with E-state index in [0.717, 1.165) is 32.1 Å². The molecule has 2 rings (SSSR count). The second-order valence-electron chi connectivity index (χ2n) is 8.79. The summed E-state index contributed by atoms with van der Waals surface area (Å²) in [7, 11) is -1.78. The number of aryl methyl sites for hydroxylation is 1. The molecule has 28 heavy (non-hydrogen) atoms. The van der Waals surface area contributed by atoms with Gasteiger partial charge in [-0.25, -0.2) is 8.42 Å². The van der Waals surface area contributed by atoms with Crippen molar-refractivity contribution in [2.45, 2.75) is 64.7 Å². The zero-order chi connectivity index (χ0) is 20.9. The SMILES string of the molecule is CC(C)CCN(CCC(C)C)C(=O)c1cc(S(=O)(=O)N2CCCCC2)cn1C. The minimum absolute atomic E-state index is 0.0797. The van der Waals surface area contributed by atoms with E-state index >= 15 is 0 Å². The normalized spacial score (nSPS) is 16.1. The molecule has 0 radical (unpaired) electrons. The Bertz CT molecular complexity index is 735. The van der Waals surface area contributed by atoms with Gasteiger partial charge in [-0.05, 0) is 43.6 Å². The summed E-state index contributed by atoms with van der Waals surface area (Å²) in [5.41, 5.74) is 0.447. The fraction of sp³-hybridized carbons (Fsp3) is 0.762. The number of carbonyl (C=O) groups excluding carboxylic acids is 1. The number of aromatic nitrogens is 1. The van der Waals surface area contributed by atoms with Crippen molar-refractivity contribution in [2.75, 3.05) is 26.2 Å². The molecule has 1 amide bonds. The Morgan fingerprint density at radius 3 is 2.07 bits per heavy atom. The number of amides is 1. The molecule has 0 atom stereocenters. The molecular weight excluding hydrogens is 374 g/mol. The molecule has 1 aromatic rings. The number of hydrogen-bond donors (Lipinski definition) is 0. The van der Waals surface area contributed by atoms with Crippen LogP contribution in [-0.4, -0.2) is 54.3 Å². The Hall–Kier alpha value is -1.34. The molecule has 0 bridgehead atoms. The number of carbonyl (C=O) groups is 1. The van der Waals surface area contributed by atoms with Crippen LogP contribution in [0.4, 0.5) is 0 Å². The highest BCUT2D eigenvalue weighted by molar-refractivity contribution is 7.89. The molecule has 1 aliphatic heterocycles. The molecule has 0 aliphatic carbocycles. The van der Waals surface area contributed by atoms with Gasteiger partial charge in [0.2, 0.25) is 10.0 Å². The van der Waals surface area contributed by atoms with Crippen LogP contribution in [0.2, 0.25) is 0 Å². The number of sulfonamides is 1. The topological polar surface area (TPSA) is 62.6 Å². The van der Waals surface area contributed by atoms with Crippen molar-refractivity contribution < 1.29 is 13.2 Å². The number of rotatable bonds is 9. The first-order valence-corrected chi connectivity index (χ1v) is 12.0. The Morgan fingerprint density at radius 2 is 1.57 bits per heavy atom. The Labute approximate surface area is 170 Å². The molecule has 1 aromatic heterocycles. The van der Waals surface area contributed by atoms with E-state index in [1.165, 1.54) is 0 Å².